The third kappa shape index (κ3) is 8.81. The number of hydrogen-bond donors (Lipinski definition) is 4. The SMILES string of the molecule is COC(=O)CC1c2cccc(F)c2N=C(N2CCN(c3cccc(OC)c3)CC2)N1c1cc(C(F)(F)F)ccc1OC.O=C(O)C(O)C(O)C(=O)O. The number of carboxylic acid groups (broad SMARTS) is 2. The van der Waals surface area contributed by atoms with Gasteiger partial charge >= 0.3 is 24.1 Å². The van der Waals surface area contributed by atoms with Gasteiger partial charge in [-0.3, -0.25) is 4.79 Å². The Balaban J connectivity index is 0.000000530. The number of benzene rings is 3. The van der Waals surface area contributed by atoms with Gasteiger partial charge in [0.15, 0.2) is 12.2 Å². The number of aliphatic hydroxyl groups excluding tert-OH is 2. The van der Waals surface area contributed by atoms with Crippen molar-refractivity contribution in [2.75, 3.05) is 57.3 Å². The van der Waals surface area contributed by atoms with Crippen molar-refractivity contribution in [1.82, 2.24) is 4.90 Å². The summed E-state index contributed by atoms with van der Waals surface area (Å²) in [4.78, 5) is 42.4. The second-order valence-electron chi connectivity index (χ2n) is 11.4. The van der Waals surface area contributed by atoms with Crippen molar-refractivity contribution in [3.63, 3.8) is 0 Å². The van der Waals surface area contributed by atoms with Gasteiger partial charge in [-0.25, -0.2) is 19.0 Å². The van der Waals surface area contributed by atoms with Gasteiger partial charge in [-0.2, -0.15) is 13.2 Å². The Bertz CT molecular complexity index is 1780. The average molecular weight is 737 g/mol. The number of esters is 1. The molecule has 0 aliphatic carbocycles. The van der Waals surface area contributed by atoms with Crippen molar-refractivity contribution < 1.29 is 66.6 Å². The summed E-state index contributed by atoms with van der Waals surface area (Å²) >= 11 is 0. The highest BCUT2D eigenvalue weighted by molar-refractivity contribution is 6.02. The fraction of sp³-hybridized carbons (Fsp3) is 0.353. The average Bonchev–Trinajstić information content (AvgIpc) is 3.13. The van der Waals surface area contributed by atoms with Crippen LogP contribution in [0.5, 0.6) is 11.5 Å². The smallest absolute Gasteiger partial charge is 0.416 e. The van der Waals surface area contributed by atoms with Crippen molar-refractivity contribution in [2.45, 2.75) is 30.8 Å². The summed E-state index contributed by atoms with van der Waals surface area (Å²) in [5.74, 6) is -3.69. The van der Waals surface area contributed by atoms with Gasteiger partial charge in [-0.15, -0.1) is 0 Å². The predicted octanol–water partition coefficient (Wildman–Crippen LogP) is 3.67. The molecule has 1 saturated heterocycles. The number of nitrogens with zero attached hydrogens (tertiary/aromatic N) is 4. The molecule has 5 rings (SSSR count). The highest BCUT2D eigenvalue weighted by Gasteiger charge is 2.40. The fourth-order valence-corrected chi connectivity index (χ4v) is 5.59. The number of anilines is 2. The summed E-state index contributed by atoms with van der Waals surface area (Å²) in [6, 6.07) is 14.2. The first kappa shape index (κ1) is 39.2. The van der Waals surface area contributed by atoms with Crippen LogP contribution in [0.1, 0.15) is 23.6 Å². The third-order valence-electron chi connectivity index (χ3n) is 8.26. The summed E-state index contributed by atoms with van der Waals surface area (Å²) in [6.07, 6.45) is -9.44. The normalized spacial score (nSPS) is 16.8. The Kier molecular flexibility index (Phi) is 12.5. The van der Waals surface area contributed by atoms with Gasteiger partial charge in [0, 0.05) is 43.5 Å². The number of rotatable bonds is 9. The van der Waals surface area contributed by atoms with Gasteiger partial charge in [0.1, 0.15) is 23.0 Å². The standard InChI is InChI=1S/C30H30F4N4O4.C4H6O6/c1-40-21-7-4-6-20(17-21)36-12-14-37(15-13-36)29-35-28-22(8-5-9-23(28)31)24(18-27(39)42-3)38(29)25-16-19(30(32,33)34)10-11-26(25)41-2;5-1(3(7)8)2(6)4(9)10/h4-11,16-17,24H,12-15,18H2,1-3H3;1-2,5-6H,(H,7,8)(H,9,10). The monoisotopic (exact) mass is 736 g/mol. The number of aliphatic carboxylic acids is 2. The van der Waals surface area contributed by atoms with Gasteiger partial charge in [-0.1, -0.05) is 18.2 Å². The molecule has 0 amide bonds. The fourth-order valence-electron chi connectivity index (χ4n) is 5.59. The topological polar surface area (TPSA) is 182 Å². The molecule has 280 valence electrons. The van der Waals surface area contributed by atoms with E-state index in [9.17, 15) is 27.6 Å². The van der Waals surface area contributed by atoms with Crippen LogP contribution >= 0.6 is 0 Å². The highest BCUT2D eigenvalue weighted by atomic mass is 19.4. The van der Waals surface area contributed by atoms with Crippen molar-refractivity contribution in [3.05, 3.63) is 77.6 Å². The quantitative estimate of drug-likeness (QED) is 0.185. The lowest BCUT2D eigenvalue weighted by Crippen LogP contribution is -2.55. The summed E-state index contributed by atoms with van der Waals surface area (Å²) in [6.45, 7) is 1.93. The van der Waals surface area contributed by atoms with Crippen LogP contribution in [0.2, 0.25) is 0 Å². The van der Waals surface area contributed by atoms with Gasteiger partial charge in [0.2, 0.25) is 5.96 Å². The summed E-state index contributed by atoms with van der Waals surface area (Å²) in [5, 5.41) is 32.5. The maximum Gasteiger partial charge on any atom is 0.416 e. The van der Waals surface area contributed by atoms with E-state index in [2.05, 4.69) is 9.89 Å². The number of hydrogen-bond acceptors (Lipinski definition) is 12. The molecule has 3 atom stereocenters. The maximum atomic E-state index is 15.2. The van der Waals surface area contributed by atoms with Crippen molar-refractivity contribution in [3.8, 4) is 11.5 Å². The van der Waals surface area contributed by atoms with E-state index < -0.39 is 53.7 Å². The summed E-state index contributed by atoms with van der Waals surface area (Å²) in [7, 11) is 4.17. The first-order chi connectivity index (χ1) is 24.6. The van der Waals surface area contributed by atoms with E-state index in [0.29, 0.717) is 37.5 Å². The van der Waals surface area contributed by atoms with Crippen LogP contribution in [0.4, 0.5) is 34.6 Å². The van der Waals surface area contributed by atoms with Gasteiger partial charge < -0.3 is 49.3 Å². The molecule has 0 spiro atoms. The lowest BCUT2D eigenvalue weighted by molar-refractivity contribution is -0.165. The Morgan fingerprint density at radius 1 is 0.865 bits per heavy atom. The Morgan fingerprint density at radius 3 is 2.04 bits per heavy atom. The van der Waals surface area contributed by atoms with Gasteiger partial charge in [0.05, 0.1) is 45.0 Å². The zero-order valence-corrected chi connectivity index (χ0v) is 28.1. The van der Waals surface area contributed by atoms with E-state index >= 15 is 4.39 Å². The molecule has 3 unspecified atom stereocenters. The number of para-hydroxylation sites is 1. The van der Waals surface area contributed by atoms with E-state index in [4.69, 9.17) is 34.6 Å². The number of carbonyl (C=O) groups excluding carboxylic acids is 1. The minimum absolute atomic E-state index is 0.0267. The zero-order valence-electron chi connectivity index (χ0n) is 28.1. The van der Waals surface area contributed by atoms with Crippen LogP contribution in [-0.2, 0) is 25.3 Å². The first-order valence-electron chi connectivity index (χ1n) is 15.5. The number of aliphatic imine (C=N–C) groups is 1. The van der Waals surface area contributed by atoms with Crippen LogP contribution < -0.4 is 19.3 Å². The maximum absolute atomic E-state index is 15.2. The summed E-state index contributed by atoms with van der Waals surface area (Å²) in [5.41, 5.74) is 0.473. The number of carboxylic acids is 2. The minimum atomic E-state index is -4.64. The van der Waals surface area contributed by atoms with Crippen molar-refractivity contribution in [2.24, 2.45) is 4.99 Å². The second kappa shape index (κ2) is 16.6. The number of fused-ring (bicyclic) bond motifs is 1. The number of ether oxygens (including phenoxy) is 3. The molecule has 2 heterocycles. The molecule has 3 aromatic carbocycles. The van der Waals surface area contributed by atoms with Gasteiger partial charge in [-0.05, 0) is 36.4 Å². The lowest BCUT2D eigenvalue weighted by Gasteiger charge is -2.45. The number of methoxy groups -OCH3 is 3. The van der Waals surface area contributed by atoms with Crippen LogP contribution in [0.15, 0.2) is 65.7 Å². The lowest BCUT2D eigenvalue weighted by atomic mass is 9.96. The van der Waals surface area contributed by atoms with E-state index in [0.717, 1.165) is 17.8 Å². The molecule has 0 saturated carbocycles. The Hall–Kier alpha value is -5.62. The van der Waals surface area contributed by atoms with Crippen LogP contribution in [-0.4, -0.2) is 109 Å². The van der Waals surface area contributed by atoms with Crippen molar-refractivity contribution >= 4 is 40.9 Å². The van der Waals surface area contributed by atoms with Crippen molar-refractivity contribution in [1.29, 1.82) is 0 Å². The van der Waals surface area contributed by atoms with Crippen LogP contribution in [0, 0.1) is 5.82 Å². The molecule has 14 nitrogen and oxygen atoms in total. The number of alkyl halides is 3. The van der Waals surface area contributed by atoms with Crippen LogP contribution in [0.25, 0.3) is 0 Å². The van der Waals surface area contributed by atoms with Gasteiger partial charge in [0.25, 0.3) is 0 Å². The molecule has 0 aromatic heterocycles. The van der Waals surface area contributed by atoms with E-state index in [1.165, 1.54) is 37.3 Å². The van der Waals surface area contributed by atoms with Crippen LogP contribution in [0.3, 0.4) is 0 Å². The number of halogens is 4. The molecule has 0 bridgehead atoms. The molecule has 1 fully saturated rings. The number of piperazine rings is 1. The van der Waals surface area contributed by atoms with E-state index in [1.54, 1.807) is 13.2 Å². The molecule has 4 N–H and O–H groups in total. The Morgan fingerprint density at radius 2 is 1.48 bits per heavy atom. The minimum Gasteiger partial charge on any atom is -0.497 e. The number of carbonyl (C=O) groups is 3. The molecule has 52 heavy (non-hydrogen) atoms. The Labute approximate surface area is 294 Å². The largest absolute Gasteiger partial charge is 0.497 e. The second-order valence-corrected chi connectivity index (χ2v) is 11.4. The molecule has 18 heteroatoms. The third-order valence-corrected chi connectivity index (χ3v) is 8.26. The number of aliphatic hydroxyl groups is 2. The van der Waals surface area contributed by atoms with E-state index in [1.807, 2.05) is 29.2 Å². The molecule has 2 aliphatic heterocycles. The first-order valence-corrected chi connectivity index (χ1v) is 15.5. The zero-order chi connectivity index (χ0) is 38.3. The molecule has 2 aliphatic rings. The molecule has 3 aromatic rings. The highest BCUT2D eigenvalue weighted by Crippen LogP contribution is 2.46. The summed E-state index contributed by atoms with van der Waals surface area (Å²) < 4.78 is 72.7. The molecular weight excluding hydrogens is 700 g/mol. The predicted molar refractivity (Wildman–Crippen MR) is 177 cm³/mol. The molecule has 0 radical (unpaired) electrons. The number of guanidine groups is 1. The van der Waals surface area contributed by atoms with E-state index in [-0.39, 0.29) is 29.5 Å². The molecular formula is C34H36F4N4O10.